The number of carbonyl (C=O) groups excluding carboxylic acids is 1. The van der Waals surface area contributed by atoms with E-state index in [2.05, 4.69) is 24.1 Å². The van der Waals surface area contributed by atoms with Crippen molar-refractivity contribution in [3.63, 3.8) is 0 Å². The van der Waals surface area contributed by atoms with E-state index in [4.69, 9.17) is 0 Å². The van der Waals surface area contributed by atoms with Crippen molar-refractivity contribution in [2.24, 2.45) is 0 Å². The van der Waals surface area contributed by atoms with Gasteiger partial charge in [-0.25, -0.2) is 0 Å². The third-order valence-electron chi connectivity index (χ3n) is 3.90. The zero-order chi connectivity index (χ0) is 15.9. The van der Waals surface area contributed by atoms with Gasteiger partial charge in [0.15, 0.2) is 0 Å². The molecule has 116 valence electrons. The SMILES string of the molecule is CC(C)c1ccc(NC(=O)/C(C#N)=C\N2CCCCC2)cc1. The fraction of sp³-hybridized carbons (Fsp3) is 0.444. The lowest BCUT2D eigenvalue weighted by molar-refractivity contribution is -0.112. The fourth-order valence-electron chi connectivity index (χ4n) is 2.52. The molecular weight excluding hydrogens is 274 g/mol. The van der Waals surface area contributed by atoms with Crippen LogP contribution in [0.25, 0.3) is 0 Å². The van der Waals surface area contributed by atoms with E-state index < -0.39 is 0 Å². The maximum Gasteiger partial charge on any atom is 0.267 e. The number of nitrogens with zero attached hydrogens (tertiary/aromatic N) is 2. The van der Waals surface area contributed by atoms with Crippen LogP contribution in [0.2, 0.25) is 0 Å². The van der Waals surface area contributed by atoms with Gasteiger partial charge in [-0.1, -0.05) is 26.0 Å². The second-order valence-electron chi connectivity index (χ2n) is 5.98. The molecule has 1 aromatic carbocycles. The number of piperidine rings is 1. The molecule has 22 heavy (non-hydrogen) atoms. The first-order chi connectivity index (χ1) is 10.6. The average Bonchev–Trinajstić information content (AvgIpc) is 2.54. The number of amides is 1. The van der Waals surface area contributed by atoms with Crippen LogP contribution < -0.4 is 5.32 Å². The van der Waals surface area contributed by atoms with Gasteiger partial charge >= 0.3 is 0 Å². The van der Waals surface area contributed by atoms with Crippen molar-refractivity contribution in [3.8, 4) is 6.07 Å². The molecule has 1 aliphatic rings. The summed E-state index contributed by atoms with van der Waals surface area (Å²) < 4.78 is 0. The molecule has 1 aromatic rings. The topological polar surface area (TPSA) is 56.1 Å². The Labute approximate surface area is 132 Å². The molecule has 0 spiro atoms. The Balaban J connectivity index is 2.02. The number of hydrogen-bond acceptors (Lipinski definition) is 3. The Morgan fingerprint density at radius 1 is 1.23 bits per heavy atom. The number of benzene rings is 1. The predicted molar refractivity (Wildman–Crippen MR) is 88.3 cm³/mol. The molecule has 0 bridgehead atoms. The summed E-state index contributed by atoms with van der Waals surface area (Å²) in [6, 6.07) is 9.76. The molecule has 0 atom stereocenters. The summed E-state index contributed by atoms with van der Waals surface area (Å²) in [6.07, 6.45) is 5.15. The minimum Gasteiger partial charge on any atom is -0.376 e. The number of carbonyl (C=O) groups is 1. The van der Waals surface area contributed by atoms with Gasteiger partial charge in [-0.3, -0.25) is 4.79 Å². The molecule has 1 N–H and O–H groups in total. The highest BCUT2D eigenvalue weighted by atomic mass is 16.1. The molecule has 0 aliphatic carbocycles. The lowest BCUT2D eigenvalue weighted by Gasteiger charge is -2.25. The number of hydrogen-bond donors (Lipinski definition) is 1. The van der Waals surface area contributed by atoms with E-state index in [1.54, 1.807) is 6.20 Å². The molecular formula is C18H23N3O. The summed E-state index contributed by atoms with van der Waals surface area (Å²) in [5, 5.41) is 12.0. The van der Waals surface area contributed by atoms with Crippen molar-refractivity contribution in [1.82, 2.24) is 4.90 Å². The highest BCUT2D eigenvalue weighted by molar-refractivity contribution is 6.06. The summed E-state index contributed by atoms with van der Waals surface area (Å²) >= 11 is 0. The van der Waals surface area contributed by atoms with Gasteiger partial charge < -0.3 is 10.2 Å². The highest BCUT2D eigenvalue weighted by Crippen LogP contribution is 2.18. The Morgan fingerprint density at radius 2 is 1.86 bits per heavy atom. The van der Waals surface area contributed by atoms with Crippen molar-refractivity contribution >= 4 is 11.6 Å². The molecule has 1 saturated heterocycles. The number of nitriles is 1. The van der Waals surface area contributed by atoms with E-state index in [0.29, 0.717) is 11.6 Å². The number of rotatable bonds is 4. The Kier molecular flexibility index (Phi) is 5.60. The third kappa shape index (κ3) is 4.36. The van der Waals surface area contributed by atoms with Crippen molar-refractivity contribution in [2.45, 2.75) is 39.0 Å². The molecule has 4 heteroatoms. The largest absolute Gasteiger partial charge is 0.376 e. The first-order valence-electron chi connectivity index (χ1n) is 7.87. The second-order valence-corrected chi connectivity index (χ2v) is 5.98. The van der Waals surface area contributed by atoms with Gasteiger partial charge in [0.2, 0.25) is 0 Å². The summed E-state index contributed by atoms with van der Waals surface area (Å²) in [4.78, 5) is 14.3. The van der Waals surface area contributed by atoms with Crippen LogP contribution >= 0.6 is 0 Å². The molecule has 1 amide bonds. The average molecular weight is 297 g/mol. The zero-order valence-electron chi connectivity index (χ0n) is 13.3. The van der Waals surface area contributed by atoms with Crippen molar-refractivity contribution in [1.29, 1.82) is 5.26 Å². The first-order valence-corrected chi connectivity index (χ1v) is 7.87. The monoisotopic (exact) mass is 297 g/mol. The van der Waals surface area contributed by atoms with Crippen molar-refractivity contribution in [2.75, 3.05) is 18.4 Å². The Morgan fingerprint density at radius 3 is 2.41 bits per heavy atom. The Hall–Kier alpha value is -2.28. The standard InChI is InChI=1S/C18H23N3O/c1-14(2)15-6-8-17(9-7-15)20-18(22)16(12-19)13-21-10-4-3-5-11-21/h6-9,13-14H,3-5,10-11H2,1-2H3,(H,20,22)/b16-13-. The smallest absolute Gasteiger partial charge is 0.267 e. The van der Waals surface area contributed by atoms with Crippen LogP contribution in [0, 0.1) is 11.3 Å². The minimum atomic E-state index is -0.342. The predicted octanol–water partition coefficient (Wildman–Crippen LogP) is 3.64. The van der Waals surface area contributed by atoms with Crippen LogP contribution in [0.1, 0.15) is 44.6 Å². The summed E-state index contributed by atoms with van der Waals surface area (Å²) in [7, 11) is 0. The van der Waals surface area contributed by atoms with Crippen molar-refractivity contribution in [3.05, 3.63) is 41.6 Å². The van der Waals surface area contributed by atoms with E-state index in [1.165, 1.54) is 12.0 Å². The lowest BCUT2D eigenvalue weighted by Crippen LogP contribution is -2.26. The number of anilines is 1. The van der Waals surface area contributed by atoms with Crippen LogP contribution in [0.5, 0.6) is 0 Å². The molecule has 2 rings (SSSR count). The molecule has 0 radical (unpaired) electrons. The van der Waals surface area contributed by atoms with Gasteiger partial charge in [-0.2, -0.15) is 5.26 Å². The fourth-order valence-corrected chi connectivity index (χ4v) is 2.52. The summed E-state index contributed by atoms with van der Waals surface area (Å²) in [5.41, 5.74) is 2.10. The molecule has 0 aromatic heterocycles. The van der Waals surface area contributed by atoms with E-state index in [0.717, 1.165) is 25.9 Å². The highest BCUT2D eigenvalue weighted by Gasteiger charge is 2.13. The first kappa shape index (κ1) is 16.1. The molecule has 4 nitrogen and oxygen atoms in total. The zero-order valence-corrected chi connectivity index (χ0v) is 13.3. The van der Waals surface area contributed by atoms with Gasteiger partial charge in [0.25, 0.3) is 5.91 Å². The van der Waals surface area contributed by atoms with Gasteiger partial charge in [-0.05, 0) is 42.9 Å². The molecule has 1 heterocycles. The van der Waals surface area contributed by atoms with Gasteiger partial charge in [0, 0.05) is 25.0 Å². The molecule has 0 saturated carbocycles. The molecule has 1 aliphatic heterocycles. The van der Waals surface area contributed by atoms with Crippen LogP contribution in [0.15, 0.2) is 36.0 Å². The number of nitrogens with one attached hydrogen (secondary N) is 1. The normalized spacial score (nSPS) is 15.5. The molecule has 0 unspecified atom stereocenters. The van der Waals surface area contributed by atoms with Crippen molar-refractivity contribution < 1.29 is 4.79 Å². The van der Waals surface area contributed by atoms with Gasteiger partial charge in [-0.15, -0.1) is 0 Å². The third-order valence-corrected chi connectivity index (χ3v) is 3.90. The Bertz CT molecular complexity index is 575. The van der Waals surface area contributed by atoms with E-state index in [9.17, 15) is 10.1 Å². The maximum atomic E-state index is 12.2. The number of likely N-dealkylation sites (tertiary alicyclic amines) is 1. The second kappa shape index (κ2) is 7.65. The maximum absolute atomic E-state index is 12.2. The van der Waals surface area contributed by atoms with Gasteiger partial charge in [0.1, 0.15) is 11.6 Å². The quantitative estimate of drug-likeness (QED) is 0.682. The minimum absolute atomic E-state index is 0.162. The van der Waals surface area contributed by atoms with E-state index >= 15 is 0 Å². The van der Waals surface area contributed by atoms with Crippen LogP contribution in [-0.4, -0.2) is 23.9 Å². The van der Waals surface area contributed by atoms with E-state index in [-0.39, 0.29) is 11.5 Å². The van der Waals surface area contributed by atoms with Gasteiger partial charge in [0.05, 0.1) is 0 Å². The lowest BCUT2D eigenvalue weighted by atomic mass is 10.0. The van der Waals surface area contributed by atoms with Crippen LogP contribution in [0.4, 0.5) is 5.69 Å². The van der Waals surface area contributed by atoms with Crippen LogP contribution in [-0.2, 0) is 4.79 Å². The molecule has 1 fully saturated rings. The van der Waals surface area contributed by atoms with E-state index in [1.807, 2.05) is 30.3 Å². The van der Waals surface area contributed by atoms with Crippen LogP contribution in [0.3, 0.4) is 0 Å². The summed E-state index contributed by atoms with van der Waals surface area (Å²) in [6.45, 7) is 6.09. The summed E-state index contributed by atoms with van der Waals surface area (Å²) in [5.74, 6) is 0.115.